The van der Waals surface area contributed by atoms with Crippen molar-refractivity contribution in [3.05, 3.63) is 129 Å². The molecular weight excluding hydrogens is 683 g/mol. The molecule has 0 saturated carbocycles. The first-order chi connectivity index (χ1) is 24.1. The van der Waals surface area contributed by atoms with E-state index in [1.54, 1.807) is 72.8 Å². The van der Waals surface area contributed by atoms with Gasteiger partial charge in [0.25, 0.3) is 0 Å². The molecule has 11 nitrogen and oxygen atoms in total. The molecule has 256 valence electrons. The van der Waals surface area contributed by atoms with E-state index in [-0.39, 0.29) is 47.6 Å². The number of ether oxygens (including phenoxy) is 3. The lowest BCUT2D eigenvalue weighted by molar-refractivity contribution is -0.151. The number of methoxy groups -OCH3 is 1. The number of carbonyl (C=O) groups is 4. The van der Waals surface area contributed by atoms with Gasteiger partial charge in [-0.1, -0.05) is 96.0 Å². The maximum Gasteiger partial charge on any atom is 0.424 e. The molecule has 1 unspecified atom stereocenters. The van der Waals surface area contributed by atoms with Crippen molar-refractivity contribution >= 4 is 58.8 Å². The highest BCUT2D eigenvalue weighted by Crippen LogP contribution is 2.39. The number of nitrogens with one attached hydrogen (secondary N) is 1. The van der Waals surface area contributed by atoms with Crippen LogP contribution in [-0.4, -0.2) is 48.3 Å². The quantitative estimate of drug-likeness (QED) is 0.135. The molecule has 0 bridgehead atoms. The van der Waals surface area contributed by atoms with Crippen molar-refractivity contribution < 1.29 is 33.4 Å². The lowest BCUT2D eigenvalue weighted by Crippen LogP contribution is -2.56. The largest absolute Gasteiger partial charge is 0.467 e. The molecule has 1 heterocycles. The normalized spacial score (nSPS) is 15.0. The van der Waals surface area contributed by atoms with E-state index < -0.39 is 29.7 Å². The zero-order valence-corrected chi connectivity index (χ0v) is 28.4. The van der Waals surface area contributed by atoms with Crippen LogP contribution in [0.1, 0.15) is 35.1 Å². The Morgan fingerprint density at radius 1 is 0.840 bits per heavy atom. The Bertz CT molecular complexity index is 1820. The maximum absolute atomic E-state index is 13.8. The van der Waals surface area contributed by atoms with E-state index in [1.165, 1.54) is 24.1 Å². The van der Waals surface area contributed by atoms with Gasteiger partial charge in [0.15, 0.2) is 0 Å². The number of benzene rings is 4. The summed E-state index contributed by atoms with van der Waals surface area (Å²) in [6, 6.07) is 28.6. The number of amides is 4. The fourth-order valence-electron chi connectivity index (χ4n) is 5.73. The van der Waals surface area contributed by atoms with Crippen LogP contribution in [-0.2, 0) is 38.6 Å². The molecule has 0 spiro atoms. The summed E-state index contributed by atoms with van der Waals surface area (Å²) in [6.07, 6.45) is -1.14. The van der Waals surface area contributed by atoms with Gasteiger partial charge in [0.1, 0.15) is 18.8 Å². The van der Waals surface area contributed by atoms with Crippen LogP contribution in [0.4, 0.5) is 25.8 Å². The molecule has 5 rings (SSSR count). The Balaban J connectivity index is 1.39. The molecule has 4 aromatic rings. The van der Waals surface area contributed by atoms with Gasteiger partial charge < -0.3 is 24.4 Å². The van der Waals surface area contributed by atoms with Gasteiger partial charge in [-0.3, -0.25) is 0 Å². The van der Waals surface area contributed by atoms with E-state index >= 15 is 0 Å². The molecule has 1 atom stereocenters. The van der Waals surface area contributed by atoms with Gasteiger partial charge in [0.2, 0.25) is 0 Å². The fourth-order valence-corrected chi connectivity index (χ4v) is 6.39. The van der Waals surface area contributed by atoms with Gasteiger partial charge in [0.05, 0.1) is 34.5 Å². The minimum atomic E-state index is -1.32. The molecule has 0 radical (unpaired) electrons. The Labute approximate surface area is 298 Å². The first-order valence-corrected chi connectivity index (χ1v) is 16.3. The van der Waals surface area contributed by atoms with Crippen LogP contribution in [0.2, 0.25) is 10.0 Å². The van der Waals surface area contributed by atoms with E-state index in [9.17, 15) is 19.2 Å². The number of hydrogen-bond donors (Lipinski definition) is 1. The summed E-state index contributed by atoms with van der Waals surface area (Å²) < 4.78 is 16.0. The highest BCUT2D eigenvalue weighted by Gasteiger charge is 2.51. The number of carbonyl (C=O) groups excluding carboxylic acids is 4. The number of halogens is 2. The molecule has 13 heteroatoms. The average Bonchev–Trinajstić information content (AvgIpc) is 3.56. The van der Waals surface area contributed by atoms with Crippen molar-refractivity contribution in [3.8, 4) is 6.07 Å². The van der Waals surface area contributed by atoms with Crippen molar-refractivity contribution in [2.24, 2.45) is 0 Å². The number of rotatable bonds is 9. The number of likely N-dealkylation sites (tertiary alicyclic amines) is 1. The van der Waals surface area contributed by atoms with Gasteiger partial charge in [-0.15, -0.1) is 0 Å². The summed E-state index contributed by atoms with van der Waals surface area (Å²) in [5.74, 6) is -0.584. The molecular formula is C37H32Cl2N4O7. The predicted molar refractivity (Wildman–Crippen MR) is 187 cm³/mol. The number of imide groups is 1. The second-order valence-electron chi connectivity index (χ2n) is 11.4. The third-order valence-corrected chi connectivity index (χ3v) is 8.72. The predicted octanol–water partition coefficient (Wildman–Crippen LogP) is 8.13. The Morgan fingerprint density at radius 3 is 1.88 bits per heavy atom. The molecule has 0 aliphatic carbocycles. The van der Waals surface area contributed by atoms with Crippen LogP contribution < -0.4 is 10.2 Å². The summed E-state index contributed by atoms with van der Waals surface area (Å²) in [5, 5.41) is 11.6. The molecule has 1 N–H and O–H groups in total. The number of nitrogens with zero attached hydrogens (tertiary/aromatic N) is 3. The van der Waals surface area contributed by atoms with E-state index in [1.807, 2.05) is 12.1 Å². The molecule has 4 aromatic carbocycles. The van der Waals surface area contributed by atoms with E-state index in [2.05, 4.69) is 11.4 Å². The Hall–Kier alpha value is -5.57. The zero-order valence-electron chi connectivity index (χ0n) is 26.9. The van der Waals surface area contributed by atoms with Gasteiger partial charge in [-0.25, -0.2) is 19.2 Å². The highest BCUT2D eigenvalue weighted by atomic mass is 35.5. The van der Waals surface area contributed by atoms with Gasteiger partial charge in [-0.2, -0.15) is 10.2 Å². The lowest BCUT2D eigenvalue weighted by atomic mass is 9.88. The van der Waals surface area contributed by atoms with Crippen LogP contribution in [0.15, 0.2) is 97.1 Å². The minimum Gasteiger partial charge on any atom is -0.467 e. The second kappa shape index (κ2) is 16.2. The first-order valence-electron chi connectivity index (χ1n) is 15.5. The topological polar surface area (TPSA) is 138 Å². The smallest absolute Gasteiger partial charge is 0.424 e. The third kappa shape index (κ3) is 8.17. The highest BCUT2D eigenvalue weighted by molar-refractivity contribution is 6.41. The van der Waals surface area contributed by atoms with E-state index in [0.29, 0.717) is 34.4 Å². The van der Waals surface area contributed by atoms with E-state index in [0.717, 1.165) is 5.56 Å². The Morgan fingerprint density at radius 2 is 1.38 bits per heavy atom. The van der Waals surface area contributed by atoms with Crippen molar-refractivity contribution in [3.63, 3.8) is 0 Å². The number of hydrogen-bond acceptors (Lipinski definition) is 8. The van der Waals surface area contributed by atoms with Crippen molar-refractivity contribution in [2.45, 2.75) is 38.0 Å². The summed E-state index contributed by atoms with van der Waals surface area (Å²) in [6.45, 7) is -0.0391. The van der Waals surface area contributed by atoms with Crippen molar-refractivity contribution in [1.82, 2.24) is 4.90 Å². The first kappa shape index (κ1) is 35.7. The fraction of sp³-hybridized carbons (Fsp3) is 0.216. The third-order valence-electron chi connectivity index (χ3n) is 8.15. The van der Waals surface area contributed by atoms with Crippen LogP contribution >= 0.6 is 23.2 Å². The number of anilines is 2. The summed E-state index contributed by atoms with van der Waals surface area (Å²) in [5.41, 5.74) is 1.16. The summed E-state index contributed by atoms with van der Waals surface area (Å²) in [7, 11) is 1.26. The van der Waals surface area contributed by atoms with Gasteiger partial charge in [-0.05, 0) is 53.8 Å². The summed E-state index contributed by atoms with van der Waals surface area (Å²) in [4.78, 5) is 55.8. The second-order valence-corrected chi connectivity index (χ2v) is 12.2. The van der Waals surface area contributed by atoms with Crippen LogP contribution in [0.25, 0.3) is 0 Å². The van der Waals surface area contributed by atoms with Crippen molar-refractivity contribution in [2.75, 3.05) is 23.9 Å². The molecule has 1 aliphatic heterocycles. The van der Waals surface area contributed by atoms with Gasteiger partial charge >= 0.3 is 24.2 Å². The average molecular weight is 716 g/mol. The van der Waals surface area contributed by atoms with Crippen LogP contribution in [0, 0.1) is 11.3 Å². The maximum atomic E-state index is 13.8. The molecule has 1 fully saturated rings. The number of urea groups is 1. The Kier molecular flexibility index (Phi) is 11.6. The molecule has 1 aliphatic rings. The van der Waals surface area contributed by atoms with Gasteiger partial charge in [0, 0.05) is 18.7 Å². The lowest BCUT2D eigenvalue weighted by Gasteiger charge is -2.36. The van der Waals surface area contributed by atoms with E-state index in [4.69, 9.17) is 42.7 Å². The standard InChI is InChI=1S/C37H32Cl2N4O7/c1-48-33(44)37(21-25-13-15-26(22-40)16-14-25)17-8-18-42(37)34(45)41-29-19-30(38)32(31(39)20-29)43(35(46)49-23-27-9-4-2-5-10-27)36(47)50-24-28-11-6-3-7-12-28/h2-7,9-16,19-20H,8,17-18,21,23-24H2,1H3,(H,41,45). The SMILES string of the molecule is COC(=O)C1(Cc2ccc(C#N)cc2)CCCN1C(=O)Nc1cc(Cl)c(N(C(=O)OCc2ccccc2)C(=O)OCc2ccccc2)c(Cl)c1. The molecule has 50 heavy (non-hydrogen) atoms. The monoisotopic (exact) mass is 714 g/mol. The molecule has 0 aromatic heterocycles. The van der Waals surface area contributed by atoms with Crippen molar-refractivity contribution in [1.29, 1.82) is 5.26 Å². The molecule has 1 saturated heterocycles. The number of esters is 1. The van der Waals surface area contributed by atoms with Crippen LogP contribution in [0.3, 0.4) is 0 Å². The zero-order chi connectivity index (χ0) is 35.7. The molecule has 4 amide bonds. The number of nitriles is 1. The van der Waals surface area contributed by atoms with Crippen LogP contribution in [0.5, 0.6) is 0 Å². The summed E-state index contributed by atoms with van der Waals surface area (Å²) >= 11 is 13.3. The minimum absolute atomic E-state index is 0.132.